The fourth-order valence-electron chi connectivity index (χ4n) is 2.73. The molecule has 1 fully saturated rings. The topological polar surface area (TPSA) is 54.5 Å². The van der Waals surface area contributed by atoms with E-state index in [2.05, 4.69) is 13.8 Å². The summed E-state index contributed by atoms with van der Waals surface area (Å²) in [5.41, 5.74) is 0.419. The van der Waals surface area contributed by atoms with Crippen LogP contribution in [0, 0.1) is 11.8 Å². The lowest BCUT2D eigenvalue weighted by atomic mass is 9.89. The monoisotopic (exact) mass is 349 g/mol. The Morgan fingerprint density at radius 3 is 2.67 bits per heavy atom. The molecule has 1 unspecified atom stereocenters. The molecule has 4 nitrogen and oxygen atoms in total. The van der Waals surface area contributed by atoms with E-state index in [0.29, 0.717) is 17.4 Å². The van der Waals surface area contributed by atoms with Crippen molar-refractivity contribution in [1.29, 1.82) is 0 Å². The van der Waals surface area contributed by atoms with Crippen LogP contribution in [0.4, 0.5) is 0 Å². The van der Waals surface area contributed by atoms with Crippen molar-refractivity contribution in [2.45, 2.75) is 37.3 Å². The molecule has 1 aromatic rings. The summed E-state index contributed by atoms with van der Waals surface area (Å²) >= 11 is 0.992. The molecule has 0 aromatic carbocycles. The molecular formula is C14H20ClNO3S2. The lowest BCUT2D eigenvalue weighted by Crippen LogP contribution is -2.31. The van der Waals surface area contributed by atoms with Gasteiger partial charge in [-0.2, -0.15) is 0 Å². The molecule has 0 radical (unpaired) electrons. The van der Waals surface area contributed by atoms with Crippen LogP contribution in [-0.4, -0.2) is 32.3 Å². The molecule has 0 bridgehead atoms. The number of likely N-dealkylation sites (tertiary alicyclic amines) is 1. The summed E-state index contributed by atoms with van der Waals surface area (Å²) in [4.78, 5) is 14.3. The Hall–Kier alpha value is -0.590. The van der Waals surface area contributed by atoms with Gasteiger partial charge < -0.3 is 4.90 Å². The highest BCUT2D eigenvalue weighted by atomic mass is 35.7. The van der Waals surface area contributed by atoms with Crippen LogP contribution in [-0.2, 0) is 9.05 Å². The van der Waals surface area contributed by atoms with Crippen molar-refractivity contribution >= 4 is 37.0 Å². The van der Waals surface area contributed by atoms with E-state index in [-0.39, 0.29) is 10.1 Å². The maximum Gasteiger partial charge on any atom is 0.270 e. The Morgan fingerprint density at radius 1 is 1.38 bits per heavy atom. The predicted octanol–water partition coefficient (Wildman–Crippen LogP) is 3.57. The van der Waals surface area contributed by atoms with Crippen molar-refractivity contribution in [3.05, 3.63) is 17.0 Å². The standard InChI is InChI=1S/C14H20ClNO3S2/c1-10(2)11-4-3-6-16(7-5-11)14(17)12-8-13(20-9-12)21(15,18)19/h8-11H,3-7H2,1-2H3. The van der Waals surface area contributed by atoms with Crippen molar-refractivity contribution in [1.82, 2.24) is 4.90 Å². The molecule has 1 aliphatic heterocycles. The van der Waals surface area contributed by atoms with Gasteiger partial charge in [0, 0.05) is 29.2 Å². The van der Waals surface area contributed by atoms with Gasteiger partial charge in [0.1, 0.15) is 4.21 Å². The SMILES string of the molecule is CC(C)C1CCCN(C(=O)c2csc(S(=O)(=O)Cl)c2)CC1. The number of halogens is 1. The van der Waals surface area contributed by atoms with Crippen LogP contribution in [0.25, 0.3) is 0 Å². The summed E-state index contributed by atoms with van der Waals surface area (Å²) < 4.78 is 22.6. The van der Waals surface area contributed by atoms with Crippen LogP contribution in [0.2, 0.25) is 0 Å². The molecule has 1 amide bonds. The van der Waals surface area contributed by atoms with E-state index >= 15 is 0 Å². The third-order valence-electron chi connectivity index (χ3n) is 4.07. The van der Waals surface area contributed by atoms with E-state index < -0.39 is 9.05 Å². The van der Waals surface area contributed by atoms with Crippen LogP contribution in [0.15, 0.2) is 15.7 Å². The Morgan fingerprint density at radius 2 is 2.10 bits per heavy atom. The Labute approximate surface area is 134 Å². The highest BCUT2D eigenvalue weighted by molar-refractivity contribution is 8.15. The van der Waals surface area contributed by atoms with Gasteiger partial charge in [-0.15, -0.1) is 11.3 Å². The first-order valence-corrected chi connectivity index (χ1v) is 10.3. The second-order valence-electron chi connectivity index (χ2n) is 5.82. The quantitative estimate of drug-likeness (QED) is 0.784. The first kappa shape index (κ1) is 16.8. The van der Waals surface area contributed by atoms with E-state index in [4.69, 9.17) is 10.7 Å². The number of hydrogen-bond acceptors (Lipinski definition) is 4. The van der Waals surface area contributed by atoms with Crippen LogP contribution < -0.4 is 0 Å². The third kappa shape index (κ3) is 4.20. The third-order valence-corrected chi connectivity index (χ3v) is 7.11. The molecule has 1 atom stereocenters. The zero-order chi connectivity index (χ0) is 15.6. The number of amides is 1. The van der Waals surface area contributed by atoms with E-state index in [1.54, 1.807) is 5.38 Å². The summed E-state index contributed by atoms with van der Waals surface area (Å²) in [6.07, 6.45) is 3.15. The molecule has 0 N–H and O–H groups in total. The van der Waals surface area contributed by atoms with Gasteiger partial charge in [-0.25, -0.2) is 8.42 Å². The van der Waals surface area contributed by atoms with Gasteiger partial charge in [0.15, 0.2) is 0 Å². The number of carbonyl (C=O) groups excluding carboxylic acids is 1. The number of hydrogen-bond donors (Lipinski definition) is 0. The molecule has 2 heterocycles. The molecule has 1 aromatic heterocycles. The van der Waals surface area contributed by atoms with Crippen LogP contribution in [0.5, 0.6) is 0 Å². The molecule has 0 saturated carbocycles. The Balaban J connectivity index is 2.08. The molecule has 1 saturated heterocycles. The minimum Gasteiger partial charge on any atom is -0.339 e. The van der Waals surface area contributed by atoms with Gasteiger partial charge in [0.05, 0.1) is 5.56 Å². The van der Waals surface area contributed by atoms with Gasteiger partial charge in [-0.1, -0.05) is 13.8 Å². The van der Waals surface area contributed by atoms with Gasteiger partial charge in [0.25, 0.3) is 15.0 Å². The van der Waals surface area contributed by atoms with Gasteiger partial charge in [-0.05, 0) is 37.2 Å². The lowest BCUT2D eigenvalue weighted by Gasteiger charge is -2.21. The fraction of sp³-hybridized carbons (Fsp3) is 0.643. The lowest BCUT2D eigenvalue weighted by molar-refractivity contribution is 0.0759. The summed E-state index contributed by atoms with van der Waals surface area (Å²) in [7, 11) is 1.55. The minimum atomic E-state index is -3.75. The van der Waals surface area contributed by atoms with Crippen LogP contribution >= 0.6 is 22.0 Å². The fourth-order valence-corrected chi connectivity index (χ4v) is 4.67. The molecule has 2 rings (SSSR count). The first-order chi connectivity index (χ1) is 9.79. The van der Waals surface area contributed by atoms with Gasteiger partial charge >= 0.3 is 0 Å². The second-order valence-corrected chi connectivity index (χ2v) is 9.52. The highest BCUT2D eigenvalue weighted by Crippen LogP contribution is 2.27. The molecular weight excluding hydrogens is 330 g/mol. The predicted molar refractivity (Wildman–Crippen MR) is 85.4 cm³/mol. The van der Waals surface area contributed by atoms with E-state index in [9.17, 15) is 13.2 Å². The summed E-state index contributed by atoms with van der Waals surface area (Å²) in [6.45, 7) is 5.92. The highest BCUT2D eigenvalue weighted by Gasteiger charge is 2.24. The molecule has 21 heavy (non-hydrogen) atoms. The summed E-state index contributed by atoms with van der Waals surface area (Å²) in [6, 6.07) is 1.38. The van der Waals surface area contributed by atoms with Crippen molar-refractivity contribution in [3.8, 4) is 0 Å². The van der Waals surface area contributed by atoms with Crippen molar-refractivity contribution < 1.29 is 13.2 Å². The van der Waals surface area contributed by atoms with Gasteiger partial charge in [-0.3, -0.25) is 4.79 Å². The number of carbonyl (C=O) groups is 1. The smallest absolute Gasteiger partial charge is 0.270 e. The molecule has 0 spiro atoms. The Kier molecular flexibility index (Phi) is 5.33. The molecule has 7 heteroatoms. The van der Waals surface area contributed by atoms with Crippen LogP contribution in [0.3, 0.4) is 0 Å². The maximum atomic E-state index is 12.5. The van der Waals surface area contributed by atoms with E-state index in [1.165, 1.54) is 6.07 Å². The van der Waals surface area contributed by atoms with Crippen molar-refractivity contribution in [3.63, 3.8) is 0 Å². The van der Waals surface area contributed by atoms with Crippen molar-refractivity contribution in [2.24, 2.45) is 11.8 Å². The number of nitrogens with zero attached hydrogens (tertiary/aromatic N) is 1. The van der Waals surface area contributed by atoms with Crippen molar-refractivity contribution in [2.75, 3.05) is 13.1 Å². The minimum absolute atomic E-state index is 0.0300. The molecule has 1 aliphatic rings. The first-order valence-electron chi connectivity index (χ1n) is 7.11. The molecule has 0 aliphatic carbocycles. The van der Waals surface area contributed by atoms with E-state index in [1.807, 2.05) is 4.90 Å². The van der Waals surface area contributed by atoms with Crippen LogP contribution in [0.1, 0.15) is 43.5 Å². The largest absolute Gasteiger partial charge is 0.339 e. The number of rotatable bonds is 3. The summed E-state index contributed by atoms with van der Waals surface area (Å²) in [5.74, 6) is 1.19. The number of thiophene rings is 1. The van der Waals surface area contributed by atoms with Gasteiger partial charge in [0.2, 0.25) is 0 Å². The average Bonchev–Trinajstić information content (AvgIpc) is 2.76. The molecule has 118 valence electrons. The Bertz CT molecular complexity index is 609. The normalized spacial score (nSPS) is 20.6. The zero-order valence-electron chi connectivity index (χ0n) is 12.2. The maximum absolute atomic E-state index is 12.5. The zero-order valence-corrected chi connectivity index (χ0v) is 14.6. The average molecular weight is 350 g/mol. The van der Waals surface area contributed by atoms with E-state index in [0.717, 1.165) is 43.7 Å². The summed E-state index contributed by atoms with van der Waals surface area (Å²) in [5, 5.41) is 1.57. The second kappa shape index (κ2) is 6.67.